The van der Waals surface area contributed by atoms with Gasteiger partial charge in [0.25, 0.3) is 5.91 Å². The predicted octanol–water partition coefficient (Wildman–Crippen LogP) is 5.98. The van der Waals surface area contributed by atoms with Crippen molar-refractivity contribution < 1.29 is 14.3 Å². The van der Waals surface area contributed by atoms with E-state index in [0.29, 0.717) is 39.0 Å². The molecule has 0 saturated carbocycles. The third-order valence-electron chi connectivity index (χ3n) is 4.72. The van der Waals surface area contributed by atoms with Gasteiger partial charge in [0.1, 0.15) is 11.2 Å². The first-order chi connectivity index (χ1) is 13.7. The topological polar surface area (TPSA) is 38.8 Å². The molecule has 0 spiro atoms. The number of nitrogens with zero attached hydrogens (tertiary/aromatic N) is 1. The highest BCUT2D eigenvalue weighted by molar-refractivity contribution is 7.20. The van der Waals surface area contributed by atoms with Gasteiger partial charge in [-0.25, -0.2) is 0 Å². The van der Waals surface area contributed by atoms with Crippen LogP contribution in [-0.2, 0) is 9.53 Å². The second-order valence-corrected chi connectivity index (χ2v) is 8.42. The zero-order chi connectivity index (χ0) is 21.3. The Labute approximate surface area is 183 Å². The molecule has 0 saturated heterocycles. The zero-order valence-electron chi connectivity index (χ0n) is 16.7. The minimum absolute atomic E-state index is 0.0841. The van der Waals surface area contributed by atoms with Crippen LogP contribution < -0.4 is 9.64 Å². The van der Waals surface area contributed by atoms with E-state index in [-0.39, 0.29) is 5.91 Å². The Morgan fingerprint density at radius 3 is 2.48 bits per heavy atom. The van der Waals surface area contributed by atoms with Crippen LogP contribution in [0.4, 0.5) is 5.69 Å². The first-order valence-electron chi connectivity index (χ1n) is 9.13. The van der Waals surface area contributed by atoms with E-state index in [1.807, 2.05) is 39.0 Å². The van der Waals surface area contributed by atoms with E-state index in [9.17, 15) is 4.79 Å². The Morgan fingerprint density at radius 2 is 1.83 bits per heavy atom. The molecule has 1 amide bonds. The summed E-state index contributed by atoms with van der Waals surface area (Å²) in [6, 6.07) is 10.8. The van der Waals surface area contributed by atoms with Crippen LogP contribution in [0.25, 0.3) is 11.6 Å². The van der Waals surface area contributed by atoms with Crippen molar-refractivity contribution in [2.24, 2.45) is 0 Å². The Hall–Kier alpha value is -1.84. The van der Waals surface area contributed by atoms with Crippen molar-refractivity contribution >= 4 is 60.8 Å². The van der Waals surface area contributed by atoms with Crippen LogP contribution in [0.3, 0.4) is 0 Å². The van der Waals surface area contributed by atoms with Crippen LogP contribution in [0.15, 0.2) is 36.4 Å². The number of halogens is 2. The fourth-order valence-electron chi connectivity index (χ4n) is 3.23. The lowest BCUT2D eigenvalue weighted by molar-refractivity contribution is -0.112. The molecule has 0 unspecified atom stereocenters. The zero-order valence-corrected chi connectivity index (χ0v) is 19.2. The average Bonchev–Trinajstić information content (AvgIpc) is 2.93. The number of carbonyl (C=O) groups is 1. The normalized spacial score (nSPS) is 15.0. The molecule has 0 aromatic heterocycles. The van der Waals surface area contributed by atoms with E-state index in [2.05, 4.69) is 8.86 Å². The molecule has 1 aliphatic heterocycles. The SMILES string of the molecule is CCN1C(=O)/C(=C/c2cc(Cl)ccc2OC(C)(C)C(=P)OC)c2ccc(Cl)cc21. The van der Waals surface area contributed by atoms with Crippen molar-refractivity contribution in [3.63, 3.8) is 0 Å². The first kappa shape index (κ1) is 21.9. The van der Waals surface area contributed by atoms with Gasteiger partial charge >= 0.3 is 0 Å². The van der Waals surface area contributed by atoms with Gasteiger partial charge in [-0.15, -0.1) is 0 Å². The van der Waals surface area contributed by atoms with Crippen molar-refractivity contribution in [2.45, 2.75) is 26.4 Å². The van der Waals surface area contributed by atoms with Crippen LogP contribution in [0, 0.1) is 0 Å². The minimum Gasteiger partial charge on any atom is -0.480 e. The van der Waals surface area contributed by atoms with E-state index < -0.39 is 5.60 Å². The number of hydrogen-bond acceptors (Lipinski definition) is 3. The minimum atomic E-state index is -0.743. The Morgan fingerprint density at radius 1 is 1.17 bits per heavy atom. The average molecular weight is 450 g/mol. The molecule has 1 aliphatic rings. The molecular formula is C22H22Cl2NO3P. The van der Waals surface area contributed by atoms with Crippen molar-refractivity contribution in [2.75, 3.05) is 18.6 Å². The van der Waals surface area contributed by atoms with Gasteiger partial charge in [-0.2, -0.15) is 0 Å². The highest BCUT2D eigenvalue weighted by Crippen LogP contribution is 2.40. The van der Waals surface area contributed by atoms with Crippen LogP contribution >= 0.6 is 32.1 Å². The van der Waals surface area contributed by atoms with Crippen LogP contribution in [0.1, 0.15) is 31.9 Å². The van der Waals surface area contributed by atoms with Gasteiger partial charge in [-0.1, -0.05) is 38.1 Å². The Balaban J connectivity index is 2.10. The highest BCUT2D eigenvalue weighted by atomic mass is 35.5. The molecule has 4 nitrogen and oxygen atoms in total. The number of fused-ring (bicyclic) bond motifs is 1. The molecule has 0 N–H and O–H groups in total. The van der Waals surface area contributed by atoms with Crippen molar-refractivity contribution in [3.8, 4) is 5.75 Å². The summed E-state index contributed by atoms with van der Waals surface area (Å²) in [5, 5.41) is 1.13. The van der Waals surface area contributed by atoms with Gasteiger partial charge in [-0.05, 0) is 57.2 Å². The number of hydrogen-bond donors (Lipinski definition) is 0. The number of methoxy groups -OCH3 is 1. The quantitative estimate of drug-likeness (QED) is 0.402. The molecule has 2 aromatic carbocycles. The number of ether oxygens (including phenoxy) is 2. The second kappa shape index (κ2) is 8.49. The van der Waals surface area contributed by atoms with Gasteiger partial charge in [-0.3, -0.25) is 4.79 Å². The van der Waals surface area contributed by atoms with Gasteiger partial charge in [0.05, 0.1) is 5.69 Å². The number of rotatable bonds is 6. The molecule has 1 heterocycles. The molecule has 3 rings (SSSR count). The summed E-state index contributed by atoms with van der Waals surface area (Å²) in [7, 11) is 5.02. The molecule has 0 bridgehead atoms. The standard InChI is InChI=1S/C22H22Cl2NO3P/c1-5-25-18-12-15(24)6-8-16(18)17(20(25)26)11-13-10-14(23)7-9-19(13)28-22(2,3)21(29)27-4/h6-12,29H,5H2,1-4H3/b17-11+. The van der Waals surface area contributed by atoms with E-state index in [1.54, 1.807) is 36.3 Å². The summed E-state index contributed by atoms with van der Waals surface area (Å²) in [5.74, 6) is 0.497. The van der Waals surface area contributed by atoms with E-state index in [4.69, 9.17) is 32.7 Å². The van der Waals surface area contributed by atoms with Gasteiger partial charge < -0.3 is 14.4 Å². The summed E-state index contributed by atoms with van der Waals surface area (Å²) in [6.45, 7) is 6.23. The highest BCUT2D eigenvalue weighted by Gasteiger charge is 2.32. The molecule has 152 valence electrons. The maximum atomic E-state index is 13.1. The van der Waals surface area contributed by atoms with Crippen molar-refractivity contribution in [1.29, 1.82) is 0 Å². The molecule has 0 fully saturated rings. The summed E-state index contributed by atoms with van der Waals surface area (Å²) >= 11 is 12.4. The number of anilines is 1. The largest absolute Gasteiger partial charge is 0.480 e. The molecule has 29 heavy (non-hydrogen) atoms. The fraction of sp³-hybridized carbons (Fsp3) is 0.273. The van der Waals surface area contributed by atoms with Crippen LogP contribution in [-0.4, -0.2) is 30.6 Å². The predicted molar refractivity (Wildman–Crippen MR) is 124 cm³/mol. The van der Waals surface area contributed by atoms with Crippen LogP contribution in [0.5, 0.6) is 5.75 Å². The Bertz CT molecular complexity index is 1020. The monoisotopic (exact) mass is 449 g/mol. The third kappa shape index (κ3) is 4.36. The lowest BCUT2D eigenvalue weighted by Crippen LogP contribution is -2.37. The summed E-state index contributed by atoms with van der Waals surface area (Å²) < 4.78 is 11.5. The number of benzene rings is 2. The second-order valence-electron chi connectivity index (χ2n) is 7.10. The summed E-state index contributed by atoms with van der Waals surface area (Å²) in [6.07, 6.45) is 1.81. The first-order valence-corrected chi connectivity index (χ1v) is 10.4. The van der Waals surface area contributed by atoms with Crippen LogP contribution in [0.2, 0.25) is 10.0 Å². The fourth-order valence-corrected chi connectivity index (χ4v) is 3.62. The third-order valence-corrected chi connectivity index (χ3v) is 6.00. The molecule has 2 aromatic rings. The van der Waals surface area contributed by atoms with E-state index in [0.717, 1.165) is 11.3 Å². The molecule has 0 aliphatic carbocycles. The molecule has 0 atom stereocenters. The van der Waals surface area contributed by atoms with Crippen molar-refractivity contribution in [3.05, 3.63) is 57.6 Å². The lowest BCUT2D eigenvalue weighted by atomic mass is 10.0. The smallest absolute Gasteiger partial charge is 0.258 e. The lowest BCUT2D eigenvalue weighted by Gasteiger charge is -2.28. The van der Waals surface area contributed by atoms with E-state index >= 15 is 0 Å². The van der Waals surface area contributed by atoms with Gasteiger partial charge in [0.15, 0.2) is 5.60 Å². The van der Waals surface area contributed by atoms with Gasteiger partial charge in [0.2, 0.25) is 0 Å². The maximum Gasteiger partial charge on any atom is 0.258 e. The van der Waals surface area contributed by atoms with E-state index in [1.165, 1.54) is 0 Å². The molecule has 7 heteroatoms. The Kier molecular flexibility index (Phi) is 6.40. The van der Waals surface area contributed by atoms with Crippen molar-refractivity contribution in [1.82, 2.24) is 0 Å². The maximum absolute atomic E-state index is 13.1. The number of carbonyl (C=O) groups excluding carboxylic acids is 1. The number of amides is 1. The van der Waals surface area contributed by atoms with Gasteiger partial charge in [0, 0.05) is 40.4 Å². The number of likely N-dealkylation sites (N-methyl/N-ethyl adjacent to an activating group) is 1. The summed E-state index contributed by atoms with van der Waals surface area (Å²) in [4.78, 5) is 14.8. The molecular weight excluding hydrogens is 428 g/mol. The molecule has 0 radical (unpaired) electrons. The summed E-state index contributed by atoms with van der Waals surface area (Å²) in [5.41, 5.74) is 2.70.